The molecule has 0 spiro atoms. The molecule has 2 rings (SSSR count). The number of carbonyl (C=O) groups excluding carboxylic acids is 2. The van der Waals surface area contributed by atoms with Gasteiger partial charge in [-0.25, -0.2) is 8.70 Å². The van der Waals surface area contributed by atoms with E-state index < -0.39 is 34.5 Å². The van der Waals surface area contributed by atoms with Gasteiger partial charge in [-0.05, 0) is 48.7 Å². The monoisotopic (exact) mass is 526 g/mol. The molecule has 0 radical (unpaired) electrons. The first-order valence-electron chi connectivity index (χ1n) is 11.3. The van der Waals surface area contributed by atoms with Gasteiger partial charge in [0.2, 0.25) is 11.8 Å². The highest BCUT2D eigenvalue weighted by molar-refractivity contribution is 7.90. The van der Waals surface area contributed by atoms with E-state index in [9.17, 15) is 22.4 Å². The molecule has 1 atom stereocenters. The van der Waals surface area contributed by atoms with Gasteiger partial charge < -0.3 is 10.2 Å². The normalized spacial score (nSPS) is 12.3. The number of nitrogens with zero attached hydrogens (tertiary/aromatic N) is 3. The third-order valence-corrected chi connectivity index (χ3v) is 7.56. The Kier molecular flexibility index (Phi) is 10.5. The zero-order valence-corrected chi connectivity index (χ0v) is 21.9. The molecule has 2 aromatic rings. The summed E-state index contributed by atoms with van der Waals surface area (Å²) in [6, 6.07) is 10.9. The fraction of sp³-hybridized carbons (Fsp3) is 0.417. The maximum Gasteiger partial charge on any atom is 0.304 e. The Bertz CT molecular complexity index is 1110. The molecule has 0 aliphatic rings. The summed E-state index contributed by atoms with van der Waals surface area (Å²) >= 11 is 6.33. The standard InChI is InChI=1S/C24H32ClFN4O4S/c1-5-15-27-24(32)22(6-2)29(16-18-9-7-8-10-21(18)25)23(31)17-30(35(33,34)28(3)4)20-13-11-19(26)12-14-20/h7-14,22H,5-6,15-17H2,1-4H3,(H,27,32)/t22-/m0/s1. The maximum absolute atomic E-state index is 13.7. The maximum atomic E-state index is 13.7. The van der Waals surface area contributed by atoms with Crippen LogP contribution in [0.15, 0.2) is 48.5 Å². The van der Waals surface area contributed by atoms with Crippen molar-refractivity contribution >= 4 is 39.3 Å². The van der Waals surface area contributed by atoms with Gasteiger partial charge >= 0.3 is 10.2 Å². The molecule has 0 aliphatic heterocycles. The van der Waals surface area contributed by atoms with Crippen molar-refractivity contribution in [3.63, 3.8) is 0 Å². The van der Waals surface area contributed by atoms with Gasteiger partial charge in [-0.15, -0.1) is 0 Å². The van der Waals surface area contributed by atoms with Crippen LogP contribution in [0, 0.1) is 5.82 Å². The molecule has 192 valence electrons. The molecule has 0 fully saturated rings. The number of anilines is 1. The third-order valence-electron chi connectivity index (χ3n) is 5.37. The molecule has 0 heterocycles. The predicted molar refractivity (Wildman–Crippen MR) is 136 cm³/mol. The molecule has 0 aromatic heterocycles. The molecular weight excluding hydrogens is 495 g/mol. The highest BCUT2D eigenvalue weighted by Gasteiger charge is 2.33. The lowest BCUT2D eigenvalue weighted by Gasteiger charge is -2.34. The van der Waals surface area contributed by atoms with Gasteiger partial charge in [-0.3, -0.25) is 9.59 Å². The topological polar surface area (TPSA) is 90.0 Å². The molecule has 0 saturated carbocycles. The quantitative estimate of drug-likeness (QED) is 0.459. The van der Waals surface area contributed by atoms with E-state index in [1.54, 1.807) is 31.2 Å². The van der Waals surface area contributed by atoms with Gasteiger partial charge in [-0.2, -0.15) is 12.7 Å². The first-order valence-corrected chi connectivity index (χ1v) is 13.1. The van der Waals surface area contributed by atoms with Crippen LogP contribution < -0.4 is 9.62 Å². The summed E-state index contributed by atoms with van der Waals surface area (Å²) in [5, 5.41) is 3.23. The fourth-order valence-electron chi connectivity index (χ4n) is 3.42. The Morgan fingerprint density at radius 2 is 1.69 bits per heavy atom. The number of amides is 2. The number of hydrogen-bond donors (Lipinski definition) is 1. The minimum absolute atomic E-state index is 0.00975. The SMILES string of the molecule is CCCNC(=O)[C@H](CC)N(Cc1ccccc1Cl)C(=O)CN(c1ccc(F)cc1)S(=O)(=O)N(C)C. The van der Waals surface area contributed by atoms with E-state index in [2.05, 4.69) is 5.32 Å². The van der Waals surface area contributed by atoms with Gasteiger partial charge in [0.1, 0.15) is 18.4 Å². The lowest BCUT2D eigenvalue weighted by Crippen LogP contribution is -2.53. The number of benzene rings is 2. The van der Waals surface area contributed by atoms with Crippen LogP contribution in [0.25, 0.3) is 0 Å². The van der Waals surface area contributed by atoms with Crippen molar-refractivity contribution in [2.24, 2.45) is 0 Å². The Morgan fingerprint density at radius 3 is 2.23 bits per heavy atom. The van der Waals surface area contributed by atoms with E-state index in [4.69, 9.17) is 11.6 Å². The molecule has 0 unspecified atom stereocenters. The summed E-state index contributed by atoms with van der Waals surface area (Å²) in [6.45, 7) is 3.56. The third kappa shape index (κ3) is 7.39. The predicted octanol–water partition coefficient (Wildman–Crippen LogP) is 3.43. The average Bonchev–Trinajstić information content (AvgIpc) is 2.82. The van der Waals surface area contributed by atoms with Crippen LogP contribution in [-0.4, -0.2) is 62.7 Å². The zero-order valence-electron chi connectivity index (χ0n) is 20.4. The van der Waals surface area contributed by atoms with E-state index in [1.165, 1.54) is 31.1 Å². The van der Waals surface area contributed by atoms with Gasteiger partial charge in [0.05, 0.1) is 5.69 Å². The molecule has 11 heteroatoms. The zero-order chi connectivity index (χ0) is 26.2. The molecule has 1 N–H and O–H groups in total. The second-order valence-electron chi connectivity index (χ2n) is 8.10. The highest BCUT2D eigenvalue weighted by atomic mass is 35.5. The van der Waals surface area contributed by atoms with E-state index in [1.807, 2.05) is 6.92 Å². The summed E-state index contributed by atoms with van der Waals surface area (Å²) in [7, 11) is -1.43. The fourth-order valence-corrected chi connectivity index (χ4v) is 4.67. The smallest absolute Gasteiger partial charge is 0.304 e. The van der Waals surface area contributed by atoms with E-state index >= 15 is 0 Å². The van der Waals surface area contributed by atoms with Crippen molar-refractivity contribution in [3.8, 4) is 0 Å². The van der Waals surface area contributed by atoms with Crippen LogP contribution in [0.4, 0.5) is 10.1 Å². The largest absolute Gasteiger partial charge is 0.354 e. The second-order valence-corrected chi connectivity index (χ2v) is 10.6. The first-order chi connectivity index (χ1) is 16.5. The lowest BCUT2D eigenvalue weighted by molar-refractivity contribution is -0.140. The van der Waals surface area contributed by atoms with Crippen molar-refractivity contribution in [2.45, 2.75) is 39.3 Å². The minimum atomic E-state index is -4.11. The summed E-state index contributed by atoms with van der Waals surface area (Å²) in [5.74, 6) is -1.47. The molecule has 2 amide bonds. The van der Waals surface area contributed by atoms with Crippen LogP contribution >= 0.6 is 11.6 Å². The molecule has 35 heavy (non-hydrogen) atoms. The van der Waals surface area contributed by atoms with Crippen LogP contribution in [0.1, 0.15) is 32.3 Å². The van der Waals surface area contributed by atoms with Gasteiger partial charge in [0.15, 0.2) is 0 Å². The first kappa shape index (κ1) is 28.5. The molecular formula is C24H32ClFN4O4S. The number of rotatable bonds is 12. The van der Waals surface area contributed by atoms with Crippen LogP contribution in [0.3, 0.4) is 0 Å². The summed E-state index contributed by atoms with van der Waals surface area (Å²) < 4.78 is 41.5. The highest BCUT2D eigenvalue weighted by Crippen LogP contribution is 2.23. The number of hydrogen-bond acceptors (Lipinski definition) is 4. The van der Waals surface area contributed by atoms with Crippen molar-refractivity contribution in [3.05, 3.63) is 64.9 Å². The van der Waals surface area contributed by atoms with Gasteiger partial charge in [0.25, 0.3) is 0 Å². The van der Waals surface area contributed by atoms with Crippen molar-refractivity contribution in [1.82, 2.24) is 14.5 Å². The summed E-state index contributed by atoms with van der Waals surface area (Å²) in [6.07, 6.45) is 1.03. The van der Waals surface area contributed by atoms with Gasteiger partial charge in [-0.1, -0.05) is 43.6 Å². The van der Waals surface area contributed by atoms with E-state index in [0.717, 1.165) is 27.2 Å². The Balaban J connectivity index is 2.49. The van der Waals surface area contributed by atoms with Crippen molar-refractivity contribution < 1.29 is 22.4 Å². The Morgan fingerprint density at radius 1 is 1.06 bits per heavy atom. The minimum Gasteiger partial charge on any atom is -0.354 e. The average molecular weight is 527 g/mol. The number of halogens is 2. The summed E-state index contributed by atoms with van der Waals surface area (Å²) in [4.78, 5) is 27.9. The number of carbonyl (C=O) groups is 2. The van der Waals surface area contributed by atoms with Crippen LogP contribution in [0.5, 0.6) is 0 Å². The molecule has 8 nitrogen and oxygen atoms in total. The lowest BCUT2D eigenvalue weighted by atomic mass is 10.1. The van der Waals surface area contributed by atoms with Crippen molar-refractivity contribution in [1.29, 1.82) is 0 Å². The van der Waals surface area contributed by atoms with Gasteiger partial charge in [0, 0.05) is 32.2 Å². The molecule has 0 aliphatic carbocycles. The molecule has 0 bridgehead atoms. The Hall–Kier alpha value is -2.69. The summed E-state index contributed by atoms with van der Waals surface area (Å²) in [5.41, 5.74) is 0.739. The van der Waals surface area contributed by atoms with Crippen LogP contribution in [0.2, 0.25) is 5.02 Å². The van der Waals surface area contributed by atoms with E-state index in [-0.39, 0.29) is 18.1 Å². The second kappa shape index (κ2) is 12.9. The number of nitrogens with one attached hydrogen (secondary N) is 1. The Labute approximate surface area is 211 Å². The molecule has 0 saturated heterocycles. The molecule has 2 aromatic carbocycles. The van der Waals surface area contributed by atoms with Crippen LogP contribution in [-0.2, 0) is 26.3 Å². The van der Waals surface area contributed by atoms with Crippen molar-refractivity contribution in [2.75, 3.05) is 31.5 Å². The van der Waals surface area contributed by atoms with E-state index in [0.29, 0.717) is 23.6 Å².